The Morgan fingerprint density at radius 3 is 2.53 bits per heavy atom. The molecule has 0 unspecified atom stereocenters. The third kappa shape index (κ3) is 5.33. The average Bonchev–Trinajstić information content (AvgIpc) is 2.16. The van der Waals surface area contributed by atoms with Crippen molar-refractivity contribution < 1.29 is 17.9 Å². The van der Waals surface area contributed by atoms with Crippen LogP contribution >= 0.6 is 26.6 Å². The lowest BCUT2D eigenvalue weighted by molar-refractivity contribution is 0.0635. The maximum atomic E-state index is 11.6. The van der Waals surface area contributed by atoms with E-state index in [0.29, 0.717) is 4.47 Å². The number of rotatable bonds is 2. The van der Waals surface area contributed by atoms with Gasteiger partial charge in [-0.2, -0.15) is 0 Å². The molecule has 0 saturated heterocycles. The van der Waals surface area contributed by atoms with Gasteiger partial charge in [0.15, 0.2) is 5.82 Å². The van der Waals surface area contributed by atoms with E-state index in [1.165, 1.54) is 12.3 Å². The fourth-order valence-electron chi connectivity index (χ4n) is 1.10. The predicted molar refractivity (Wildman–Crippen MR) is 74.8 cm³/mol. The molecule has 106 valence electrons. The molecule has 1 heterocycles. The molecule has 1 N–H and O–H groups in total. The topological polar surface area (TPSA) is 85.4 Å². The number of hydrogen-bond acceptors (Lipinski definition) is 5. The van der Waals surface area contributed by atoms with Gasteiger partial charge in [0.1, 0.15) is 10.5 Å². The maximum absolute atomic E-state index is 11.6. The molecule has 1 rings (SSSR count). The van der Waals surface area contributed by atoms with Crippen molar-refractivity contribution in [2.24, 2.45) is 0 Å². The second-order valence-corrected chi connectivity index (χ2v) is 8.02. The van der Waals surface area contributed by atoms with E-state index in [9.17, 15) is 13.2 Å². The van der Waals surface area contributed by atoms with Crippen LogP contribution in [-0.4, -0.2) is 25.1 Å². The van der Waals surface area contributed by atoms with Gasteiger partial charge in [-0.3, -0.25) is 5.32 Å². The molecule has 0 aliphatic heterocycles. The molecule has 0 atom stereocenters. The number of pyridine rings is 1. The fraction of sp³-hybridized carbons (Fsp3) is 0.400. The highest BCUT2D eigenvalue weighted by Gasteiger charge is 2.22. The van der Waals surface area contributed by atoms with Gasteiger partial charge in [0, 0.05) is 21.4 Å². The van der Waals surface area contributed by atoms with Crippen molar-refractivity contribution in [3.05, 3.63) is 16.7 Å². The Hall–Kier alpha value is -0.860. The van der Waals surface area contributed by atoms with Gasteiger partial charge in [0.05, 0.1) is 0 Å². The zero-order chi connectivity index (χ0) is 14.8. The van der Waals surface area contributed by atoms with Crippen LogP contribution in [-0.2, 0) is 13.8 Å². The fourth-order valence-corrected chi connectivity index (χ4v) is 2.54. The zero-order valence-electron chi connectivity index (χ0n) is 10.4. The van der Waals surface area contributed by atoms with Gasteiger partial charge in [-0.05, 0) is 42.8 Å². The molecule has 9 heteroatoms. The molecule has 0 bridgehead atoms. The molecule has 0 saturated carbocycles. The molecule has 0 aromatic carbocycles. The highest BCUT2D eigenvalue weighted by Crippen LogP contribution is 2.26. The molecule has 0 aliphatic rings. The minimum absolute atomic E-state index is 0.188. The number of ether oxygens (including phenoxy) is 1. The Morgan fingerprint density at radius 1 is 1.47 bits per heavy atom. The van der Waals surface area contributed by atoms with Gasteiger partial charge in [-0.25, -0.2) is 18.2 Å². The molecule has 1 aromatic rings. The van der Waals surface area contributed by atoms with Crippen LogP contribution in [0, 0.1) is 0 Å². The highest BCUT2D eigenvalue weighted by molar-refractivity contribution is 9.10. The zero-order valence-corrected chi connectivity index (χ0v) is 13.6. The Bertz CT molecular complexity index is 598. The number of anilines is 1. The molecule has 19 heavy (non-hydrogen) atoms. The van der Waals surface area contributed by atoms with Crippen LogP contribution in [0.5, 0.6) is 0 Å². The van der Waals surface area contributed by atoms with Gasteiger partial charge >= 0.3 is 6.09 Å². The van der Waals surface area contributed by atoms with Crippen molar-refractivity contribution in [3.8, 4) is 0 Å². The van der Waals surface area contributed by atoms with E-state index in [4.69, 9.17) is 15.4 Å². The highest BCUT2D eigenvalue weighted by atomic mass is 79.9. The lowest BCUT2D eigenvalue weighted by atomic mass is 10.2. The lowest BCUT2D eigenvalue weighted by Crippen LogP contribution is -2.28. The van der Waals surface area contributed by atoms with Crippen LogP contribution in [0.1, 0.15) is 20.8 Å². The number of amides is 1. The van der Waals surface area contributed by atoms with Crippen molar-refractivity contribution >= 4 is 47.6 Å². The minimum atomic E-state index is -4.04. The number of nitrogens with zero attached hydrogens (tertiary/aromatic N) is 1. The molecule has 1 amide bonds. The Labute approximate surface area is 124 Å². The summed E-state index contributed by atoms with van der Waals surface area (Å²) in [6.07, 6.45) is 0.516. The number of halogens is 2. The summed E-state index contributed by atoms with van der Waals surface area (Å²) in [5.41, 5.74) is -0.709. The van der Waals surface area contributed by atoms with Crippen molar-refractivity contribution in [1.29, 1.82) is 0 Å². The van der Waals surface area contributed by atoms with Crippen molar-refractivity contribution in [2.75, 3.05) is 5.32 Å². The summed E-state index contributed by atoms with van der Waals surface area (Å²) in [5.74, 6) is -0.188. The van der Waals surface area contributed by atoms with Crippen LogP contribution in [0.3, 0.4) is 0 Å². The molecule has 6 nitrogen and oxygen atoms in total. The summed E-state index contributed by atoms with van der Waals surface area (Å²) in [6.45, 7) is 5.04. The van der Waals surface area contributed by atoms with Crippen molar-refractivity contribution in [2.45, 2.75) is 31.3 Å². The molecular weight excluding hydrogens is 360 g/mol. The van der Waals surface area contributed by atoms with E-state index >= 15 is 0 Å². The van der Waals surface area contributed by atoms with E-state index in [-0.39, 0.29) is 10.7 Å². The SMILES string of the molecule is CC(C)(C)OC(=O)Nc1ncc(Br)cc1S(=O)(=O)Cl. The molecule has 0 radical (unpaired) electrons. The summed E-state index contributed by atoms with van der Waals surface area (Å²) in [5, 5.41) is 2.24. The summed E-state index contributed by atoms with van der Waals surface area (Å²) >= 11 is 3.07. The third-order valence-electron chi connectivity index (χ3n) is 1.70. The molecule has 0 aliphatic carbocycles. The second-order valence-electron chi connectivity index (χ2n) is 4.57. The van der Waals surface area contributed by atoms with E-state index in [0.717, 1.165) is 0 Å². The van der Waals surface area contributed by atoms with Gasteiger partial charge in [0.25, 0.3) is 9.05 Å². The van der Waals surface area contributed by atoms with E-state index in [1.54, 1.807) is 20.8 Å². The largest absolute Gasteiger partial charge is 0.444 e. The Morgan fingerprint density at radius 2 is 2.05 bits per heavy atom. The normalized spacial score (nSPS) is 12.1. The van der Waals surface area contributed by atoms with Crippen molar-refractivity contribution in [1.82, 2.24) is 4.98 Å². The Balaban J connectivity index is 3.06. The first-order valence-electron chi connectivity index (χ1n) is 5.09. The van der Waals surface area contributed by atoms with Gasteiger partial charge < -0.3 is 4.74 Å². The van der Waals surface area contributed by atoms with Gasteiger partial charge in [-0.1, -0.05) is 0 Å². The lowest BCUT2D eigenvalue weighted by Gasteiger charge is -2.19. The number of nitrogens with one attached hydrogen (secondary N) is 1. The number of aromatic nitrogens is 1. The molecule has 0 spiro atoms. The average molecular weight is 372 g/mol. The van der Waals surface area contributed by atoms with Crippen LogP contribution in [0.4, 0.5) is 10.6 Å². The summed E-state index contributed by atoms with van der Waals surface area (Å²) < 4.78 is 28.2. The molecular formula is C10H12BrClN2O4S. The quantitative estimate of drug-likeness (QED) is 0.807. The number of hydrogen-bond donors (Lipinski definition) is 1. The monoisotopic (exact) mass is 370 g/mol. The third-order valence-corrected chi connectivity index (χ3v) is 3.47. The second kappa shape index (κ2) is 5.64. The van der Waals surface area contributed by atoms with Crippen molar-refractivity contribution in [3.63, 3.8) is 0 Å². The van der Waals surface area contributed by atoms with Crippen LogP contribution in [0.25, 0.3) is 0 Å². The van der Waals surface area contributed by atoms with Gasteiger partial charge in [-0.15, -0.1) is 0 Å². The van der Waals surface area contributed by atoms with Crippen LogP contribution in [0.2, 0.25) is 0 Å². The Kier molecular flexibility index (Phi) is 4.81. The first-order valence-corrected chi connectivity index (χ1v) is 8.19. The summed E-state index contributed by atoms with van der Waals surface area (Å²) in [6, 6.07) is 1.24. The summed E-state index contributed by atoms with van der Waals surface area (Å²) in [4.78, 5) is 15.1. The maximum Gasteiger partial charge on any atom is 0.413 e. The number of carbonyl (C=O) groups is 1. The molecule has 1 aromatic heterocycles. The molecule has 0 fully saturated rings. The first kappa shape index (κ1) is 16.2. The van der Waals surface area contributed by atoms with E-state index < -0.39 is 20.7 Å². The first-order chi connectivity index (χ1) is 8.49. The minimum Gasteiger partial charge on any atom is -0.444 e. The van der Waals surface area contributed by atoms with Crippen LogP contribution in [0.15, 0.2) is 21.6 Å². The van der Waals surface area contributed by atoms with Crippen LogP contribution < -0.4 is 5.32 Å². The standard InChI is InChI=1S/C10H12BrClN2O4S/c1-10(2,3)18-9(15)14-8-7(19(12,16)17)4-6(11)5-13-8/h4-5H,1-3H3,(H,13,14,15). The predicted octanol–water partition coefficient (Wildman–Crippen LogP) is 3.12. The smallest absolute Gasteiger partial charge is 0.413 e. The van der Waals surface area contributed by atoms with E-state index in [1.807, 2.05) is 0 Å². The van der Waals surface area contributed by atoms with E-state index in [2.05, 4.69) is 26.2 Å². The summed E-state index contributed by atoms with van der Waals surface area (Å²) in [7, 11) is 1.24. The van der Waals surface area contributed by atoms with Gasteiger partial charge in [0.2, 0.25) is 0 Å². The number of carbonyl (C=O) groups excluding carboxylic acids is 1.